The van der Waals surface area contributed by atoms with Gasteiger partial charge in [-0.25, -0.2) is 9.97 Å². The fraction of sp³-hybridized carbons (Fsp3) is 0.0263. The molecule has 0 aliphatic heterocycles. The van der Waals surface area contributed by atoms with E-state index < -0.39 is 11.9 Å². The summed E-state index contributed by atoms with van der Waals surface area (Å²) in [5.41, 5.74) is 15.6. The molecule has 12 heterocycles. The van der Waals surface area contributed by atoms with E-state index in [1.807, 2.05) is 147 Å². The molecule has 96 heavy (non-hydrogen) atoms. The van der Waals surface area contributed by atoms with Crippen LogP contribution in [0.3, 0.4) is 0 Å². The first-order valence-corrected chi connectivity index (χ1v) is 30.0. The van der Waals surface area contributed by atoms with Crippen LogP contribution in [0.1, 0.15) is 13.8 Å². The summed E-state index contributed by atoms with van der Waals surface area (Å²) in [6.07, 6.45) is 14.9. The predicted molar refractivity (Wildman–Crippen MR) is 366 cm³/mol. The van der Waals surface area contributed by atoms with E-state index in [4.69, 9.17) is 49.2 Å². The molecule has 0 radical (unpaired) electrons. The predicted octanol–water partition coefficient (Wildman–Crippen LogP) is 16.7. The fourth-order valence-electron chi connectivity index (χ4n) is 13.1. The van der Waals surface area contributed by atoms with Gasteiger partial charge in [0.15, 0.2) is 0 Å². The zero-order valence-electron chi connectivity index (χ0n) is 50.5. The number of imidazole rings is 4. The number of carbonyl (C=O) groups is 2. The van der Waals surface area contributed by atoms with Crippen molar-refractivity contribution in [2.75, 3.05) is 0 Å². The van der Waals surface area contributed by atoms with Crippen LogP contribution in [0.25, 0.3) is 153 Å². The second kappa shape index (κ2) is 24.2. The largest absolute Gasteiger partial charge is 2.00 e. The molecule has 2 N–H and O–H groups in total. The van der Waals surface area contributed by atoms with Crippen molar-refractivity contribution in [2.24, 2.45) is 0 Å². The molecule has 466 valence electrons. The Hall–Kier alpha value is -11.9. The van der Waals surface area contributed by atoms with Crippen molar-refractivity contribution in [3.63, 3.8) is 0 Å². The van der Waals surface area contributed by atoms with E-state index in [2.05, 4.69) is 135 Å². The number of pyridine rings is 8. The number of carboxylic acid groups (broad SMARTS) is 2. The van der Waals surface area contributed by atoms with Gasteiger partial charge in [-0.2, -0.15) is 0 Å². The van der Waals surface area contributed by atoms with Gasteiger partial charge in [0.1, 0.15) is 22.8 Å². The smallest absolute Gasteiger partial charge is 0.497 e. The Balaban J connectivity index is 0.000000139. The van der Waals surface area contributed by atoms with Crippen LogP contribution in [-0.2, 0) is 50.4 Å². The summed E-state index contributed by atoms with van der Waals surface area (Å²) in [7, 11) is 0. The second-order valence-corrected chi connectivity index (χ2v) is 22.5. The molecule has 0 fully saturated rings. The molecule has 18 nitrogen and oxygen atoms in total. The average molecular weight is 1440 g/mol. The van der Waals surface area contributed by atoms with Crippen LogP contribution in [0.4, 0.5) is 0 Å². The Bertz CT molecular complexity index is 5800. The molecule has 0 aliphatic carbocycles. The summed E-state index contributed by atoms with van der Waals surface area (Å²) < 4.78 is 21.8. The van der Waals surface area contributed by atoms with Gasteiger partial charge in [-0.1, -0.05) is 94.3 Å². The van der Waals surface area contributed by atoms with E-state index in [9.17, 15) is 0 Å². The van der Waals surface area contributed by atoms with Crippen LogP contribution in [0, 0.1) is 12.1 Å². The molecule has 0 spiro atoms. The summed E-state index contributed by atoms with van der Waals surface area (Å²) in [4.78, 5) is 55.8. The third-order valence-corrected chi connectivity index (χ3v) is 16.8. The monoisotopic (exact) mass is 1430 g/mol. The summed E-state index contributed by atoms with van der Waals surface area (Å²) in [6, 6.07) is 68.4. The number of hydrogen-bond acceptors (Lipinski definition) is 12. The van der Waals surface area contributed by atoms with Crippen molar-refractivity contribution in [3.8, 4) is 23.0 Å². The summed E-state index contributed by atoms with van der Waals surface area (Å²) >= 11 is 0. The summed E-state index contributed by atoms with van der Waals surface area (Å²) in [5, 5.41) is 27.0. The summed E-state index contributed by atoms with van der Waals surface area (Å²) in [6.45, 7) is 2.17. The molecule has 0 bridgehead atoms. The van der Waals surface area contributed by atoms with Gasteiger partial charge in [0.05, 0.1) is 66.5 Å². The zero-order chi connectivity index (χ0) is 63.3. The van der Waals surface area contributed by atoms with Gasteiger partial charge in [-0.3, -0.25) is 48.3 Å². The van der Waals surface area contributed by atoms with E-state index in [0.717, 1.165) is 179 Å². The van der Waals surface area contributed by atoms with Gasteiger partial charge < -0.3 is 28.5 Å². The van der Waals surface area contributed by atoms with Crippen molar-refractivity contribution in [3.05, 3.63) is 244 Å². The molecule has 0 saturated carbocycles. The third-order valence-electron chi connectivity index (χ3n) is 16.8. The van der Waals surface area contributed by atoms with Crippen molar-refractivity contribution in [1.82, 2.24) is 57.5 Å². The number of nitrogens with zero attached hydrogens (tertiary/aromatic N) is 12. The first-order valence-electron chi connectivity index (χ1n) is 30.0. The molecular weight excluding hydrogens is 1390 g/mol. The molecule has 0 unspecified atom stereocenters. The number of aliphatic carboxylic acids is 2. The Morgan fingerprint density at radius 1 is 0.344 bits per heavy atom. The summed E-state index contributed by atoms with van der Waals surface area (Å²) in [5.74, 6) is 0.951. The van der Waals surface area contributed by atoms with Crippen LogP contribution in [0.5, 0.6) is 23.0 Å². The minimum Gasteiger partial charge on any atom is -0.497 e. The van der Waals surface area contributed by atoms with Crippen molar-refractivity contribution in [1.29, 1.82) is 0 Å². The fourth-order valence-corrected chi connectivity index (χ4v) is 13.1. The second-order valence-electron chi connectivity index (χ2n) is 22.5. The van der Waals surface area contributed by atoms with Gasteiger partial charge in [0, 0.05) is 128 Å². The van der Waals surface area contributed by atoms with E-state index in [-0.39, 0.29) is 40.8 Å². The van der Waals surface area contributed by atoms with Crippen LogP contribution >= 0.6 is 0 Å². The first-order chi connectivity index (χ1) is 46.1. The number of para-hydroxylation sites is 8. The number of rotatable bonds is 4. The molecule has 0 atom stereocenters. The normalized spacial score (nSPS) is 11.4. The van der Waals surface area contributed by atoms with Crippen LogP contribution in [0.2, 0.25) is 0 Å². The topological polar surface area (TPSA) is 214 Å². The first kappa shape index (κ1) is 60.4. The maximum absolute atomic E-state index is 9.00. The molecule has 0 saturated heterocycles. The molecule has 20 rings (SSSR count). The third kappa shape index (κ3) is 10.0. The van der Waals surface area contributed by atoms with Gasteiger partial charge in [0.25, 0.3) is 11.9 Å². The maximum Gasteiger partial charge on any atom is 2.00 e. The standard InChI is InChI=1S/C36H20N6O.C36H18N6O.2C2H4O2.2Pd/c2*1-3-7-33-29(5-1)39-35-25-17-21(9-11-23(25)27-19-37-15-13-31(27)41(33)35)43-22-10-12-24-26(18-22)36-40-30-6-2-4-8-34(30)42(36)32-14-16-38-20-28(24)32;2*1-2(3)4;;/h1-20H;1-16,19-20H;2*1H3,(H,3,4);;/q;-2;;;;+2. The number of carboxylic acids is 2. The molecule has 20 aromatic rings. The maximum atomic E-state index is 9.00. The molecule has 20 heteroatoms. The Labute approximate surface area is 569 Å². The van der Waals surface area contributed by atoms with Gasteiger partial charge in [-0.15, -0.1) is 12.1 Å². The molecule has 0 amide bonds. The Morgan fingerprint density at radius 2 is 0.635 bits per heavy atom. The molecule has 12 aromatic heterocycles. The van der Waals surface area contributed by atoms with Gasteiger partial charge in [-0.05, 0) is 131 Å². The van der Waals surface area contributed by atoms with Crippen LogP contribution in [-0.4, -0.2) is 79.6 Å². The molecule has 8 aromatic carbocycles. The van der Waals surface area contributed by atoms with Gasteiger partial charge >= 0.3 is 20.4 Å². The van der Waals surface area contributed by atoms with Crippen molar-refractivity contribution in [2.45, 2.75) is 13.8 Å². The Kier molecular flexibility index (Phi) is 15.2. The number of benzene rings is 8. The van der Waals surface area contributed by atoms with E-state index in [1.54, 1.807) is 0 Å². The SMILES string of the molecule is CC(=O)O.CC(=O)O.[Pd+2].[Pd].[c-]1c(Oc2[c-]c3c(cc2)c2cnccc2n2c4ccccc4nc32)ccc2c1c1nc3ccccc3n1c1ccncc21.c1ccc2c(c1)nc1c3cc(Oc4ccc5c6cnccc6n6c7ccccc7nc6c5c4)ccc3c3cnccc3n21. The van der Waals surface area contributed by atoms with Crippen LogP contribution < -0.4 is 9.47 Å². The quantitative estimate of drug-likeness (QED) is 0.0953. The number of ether oxygens (including phenoxy) is 2. The average Bonchev–Trinajstić information content (AvgIpc) is 1.52. The Morgan fingerprint density at radius 3 is 0.979 bits per heavy atom. The molecule has 0 aliphatic rings. The van der Waals surface area contributed by atoms with E-state index in [0.29, 0.717) is 11.5 Å². The minimum atomic E-state index is -0.833. The van der Waals surface area contributed by atoms with Crippen LogP contribution in [0.15, 0.2) is 232 Å². The number of hydrogen-bond donors (Lipinski definition) is 2. The van der Waals surface area contributed by atoms with Gasteiger partial charge in [0.2, 0.25) is 0 Å². The van der Waals surface area contributed by atoms with Crippen molar-refractivity contribution >= 4 is 165 Å². The number of fused-ring (bicyclic) bond motifs is 32. The van der Waals surface area contributed by atoms with E-state index in [1.165, 1.54) is 0 Å². The van der Waals surface area contributed by atoms with Crippen molar-refractivity contribution < 1.29 is 70.1 Å². The van der Waals surface area contributed by atoms with E-state index >= 15 is 0 Å². The zero-order valence-corrected chi connectivity index (χ0v) is 53.6. The number of aromatic nitrogens is 12. The molecular formula is C76H46N12O6Pd2. The minimum absolute atomic E-state index is 0.